The molecule has 0 aromatic heterocycles. The molecule has 10 heteroatoms. The van der Waals surface area contributed by atoms with E-state index in [1.807, 2.05) is 0 Å². The van der Waals surface area contributed by atoms with Crippen molar-refractivity contribution in [2.45, 2.75) is 48.7 Å². The number of hydrogen-bond acceptors (Lipinski definition) is 6. The highest BCUT2D eigenvalue weighted by Crippen LogP contribution is 2.28. The number of halogens is 1. The van der Waals surface area contributed by atoms with Gasteiger partial charge in [0.25, 0.3) is 0 Å². The van der Waals surface area contributed by atoms with Crippen LogP contribution in [0.2, 0.25) is 5.02 Å². The fourth-order valence-corrected chi connectivity index (χ4v) is 4.64. The lowest BCUT2D eigenvalue weighted by Gasteiger charge is -2.24. The SMILES string of the molecule is CNS(=O)(=O)c1ccc(OC[C@H]2CC[C@@H](C(=O)N3CCC[C@H]3C#N)N2)c(Cl)c1. The molecule has 2 heterocycles. The zero-order valence-corrected chi connectivity index (χ0v) is 17.1. The lowest BCUT2D eigenvalue weighted by molar-refractivity contribution is -0.133. The molecular formula is C18H23ClN4O4S. The molecule has 0 spiro atoms. The summed E-state index contributed by atoms with van der Waals surface area (Å²) >= 11 is 6.15. The van der Waals surface area contributed by atoms with Gasteiger partial charge in [-0.25, -0.2) is 13.1 Å². The van der Waals surface area contributed by atoms with Crippen molar-refractivity contribution >= 4 is 27.5 Å². The zero-order valence-electron chi connectivity index (χ0n) is 15.5. The van der Waals surface area contributed by atoms with Crippen LogP contribution >= 0.6 is 11.6 Å². The second-order valence-corrected chi connectivity index (χ2v) is 9.22. The van der Waals surface area contributed by atoms with E-state index in [0.29, 0.717) is 25.3 Å². The molecule has 0 saturated carbocycles. The molecular weight excluding hydrogens is 404 g/mol. The predicted octanol–water partition coefficient (Wildman–Crippen LogP) is 1.26. The largest absolute Gasteiger partial charge is 0.490 e. The van der Waals surface area contributed by atoms with E-state index >= 15 is 0 Å². The van der Waals surface area contributed by atoms with Crippen LogP contribution in [-0.2, 0) is 14.8 Å². The summed E-state index contributed by atoms with van der Waals surface area (Å²) < 4.78 is 31.6. The minimum Gasteiger partial charge on any atom is -0.490 e. The summed E-state index contributed by atoms with van der Waals surface area (Å²) in [5.74, 6) is 0.364. The van der Waals surface area contributed by atoms with Gasteiger partial charge in [-0.2, -0.15) is 5.26 Å². The molecule has 3 rings (SSSR count). The summed E-state index contributed by atoms with van der Waals surface area (Å²) in [4.78, 5) is 14.4. The Kier molecular flexibility index (Phi) is 6.45. The quantitative estimate of drug-likeness (QED) is 0.708. The number of nitrogens with one attached hydrogen (secondary N) is 2. The Morgan fingerprint density at radius 3 is 2.89 bits per heavy atom. The van der Waals surface area contributed by atoms with E-state index in [9.17, 15) is 13.2 Å². The van der Waals surface area contributed by atoms with Crippen LogP contribution in [0.25, 0.3) is 0 Å². The highest BCUT2D eigenvalue weighted by molar-refractivity contribution is 7.89. The minimum absolute atomic E-state index is 0.0196. The van der Waals surface area contributed by atoms with Gasteiger partial charge < -0.3 is 9.64 Å². The van der Waals surface area contributed by atoms with E-state index in [2.05, 4.69) is 16.1 Å². The molecule has 0 radical (unpaired) electrons. The third-order valence-electron chi connectivity index (χ3n) is 5.15. The van der Waals surface area contributed by atoms with Gasteiger partial charge in [0.2, 0.25) is 15.9 Å². The number of sulfonamides is 1. The molecule has 0 unspecified atom stereocenters. The van der Waals surface area contributed by atoms with Crippen molar-refractivity contribution in [2.75, 3.05) is 20.2 Å². The van der Waals surface area contributed by atoms with Gasteiger partial charge in [0.15, 0.2) is 0 Å². The number of carbonyl (C=O) groups excluding carboxylic acids is 1. The molecule has 8 nitrogen and oxygen atoms in total. The average Bonchev–Trinajstić information content (AvgIpc) is 3.35. The molecule has 1 amide bonds. The number of carbonyl (C=O) groups is 1. The van der Waals surface area contributed by atoms with Crippen molar-refractivity contribution in [3.63, 3.8) is 0 Å². The van der Waals surface area contributed by atoms with Gasteiger partial charge in [-0.15, -0.1) is 0 Å². The number of nitriles is 1. The van der Waals surface area contributed by atoms with Crippen LogP contribution in [-0.4, -0.2) is 57.5 Å². The summed E-state index contributed by atoms with van der Waals surface area (Å²) in [6.45, 7) is 0.942. The molecule has 2 aliphatic rings. The molecule has 2 saturated heterocycles. The lowest BCUT2D eigenvalue weighted by atomic mass is 10.1. The monoisotopic (exact) mass is 426 g/mol. The maximum atomic E-state index is 12.6. The Balaban J connectivity index is 1.55. The fraction of sp³-hybridized carbons (Fsp3) is 0.556. The predicted molar refractivity (Wildman–Crippen MR) is 103 cm³/mol. The normalized spacial score (nSPS) is 24.9. The first-order chi connectivity index (χ1) is 13.4. The number of rotatable bonds is 6. The van der Waals surface area contributed by atoms with Gasteiger partial charge in [-0.1, -0.05) is 11.6 Å². The second kappa shape index (κ2) is 8.66. The number of amides is 1. The van der Waals surface area contributed by atoms with Crippen molar-refractivity contribution in [1.82, 2.24) is 14.9 Å². The molecule has 152 valence electrons. The first-order valence-corrected chi connectivity index (χ1v) is 11.0. The molecule has 2 aliphatic heterocycles. The molecule has 0 bridgehead atoms. The van der Waals surface area contributed by atoms with Gasteiger partial charge >= 0.3 is 0 Å². The average molecular weight is 427 g/mol. The van der Waals surface area contributed by atoms with Crippen LogP contribution in [0.15, 0.2) is 23.1 Å². The summed E-state index contributed by atoms with van der Waals surface area (Å²) in [6.07, 6.45) is 3.06. The van der Waals surface area contributed by atoms with Gasteiger partial charge in [-0.05, 0) is 50.9 Å². The third-order valence-corrected chi connectivity index (χ3v) is 6.85. The number of benzene rings is 1. The van der Waals surface area contributed by atoms with Gasteiger partial charge in [0.1, 0.15) is 18.4 Å². The maximum absolute atomic E-state index is 12.6. The Hall–Kier alpha value is -1.86. The molecule has 2 N–H and O–H groups in total. The zero-order chi connectivity index (χ0) is 20.3. The van der Waals surface area contributed by atoms with Gasteiger partial charge in [0.05, 0.1) is 22.0 Å². The molecule has 28 heavy (non-hydrogen) atoms. The highest BCUT2D eigenvalue weighted by Gasteiger charge is 2.37. The van der Waals surface area contributed by atoms with Crippen molar-refractivity contribution in [3.05, 3.63) is 23.2 Å². The molecule has 1 aromatic rings. The minimum atomic E-state index is -3.57. The van der Waals surface area contributed by atoms with Gasteiger partial charge in [-0.3, -0.25) is 10.1 Å². The van der Waals surface area contributed by atoms with Crippen LogP contribution in [0.4, 0.5) is 0 Å². The van der Waals surface area contributed by atoms with Crippen molar-refractivity contribution < 1.29 is 17.9 Å². The highest BCUT2D eigenvalue weighted by atomic mass is 35.5. The Morgan fingerprint density at radius 1 is 1.43 bits per heavy atom. The van der Waals surface area contributed by atoms with E-state index in [-0.39, 0.29) is 34.0 Å². The van der Waals surface area contributed by atoms with Crippen LogP contribution < -0.4 is 14.8 Å². The topological polar surface area (TPSA) is 112 Å². The standard InChI is InChI=1S/C18H23ClN4O4S/c1-21-28(25,26)14-5-7-17(15(19)9-14)27-11-12-4-6-16(22-12)18(24)23-8-2-3-13(23)10-20/h5,7,9,12-13,16,21-22H,2-4,6,8,11H2,1H3/t12-,13+,16+/m1/s1. The van der Waals surface area contributed by atoms with E-state index in [1.54, 1.807) is 4.90 Å². The van der Waals surface area contributed by atoms with E-state index in [0.717, 1.165) is 19.3 Å². The molecule has 0 aliphatic carbocycles. The molecule has 1 aromatic carbocycles. The van der Waals surface area contributed by atoms with Crippen LogP contribution in [0.1, 0.15) is 25.7 Å². The van der Waals surface area contributed by atoms with E-state index < -0.39 is 10.0 Å². The second-order valence-electron chi connectivity index (χ2n) is 6.92. The van der Waals surface area contributed by atoms with Crippen LogP contribution in [0.5, 0.6) is 5.75 Å². The maximum Gasteiger partial charge on any atom is 0.240 e. The Morgan fingerprint density at radius 2 is 2.21 bits per heavy atom. The first kappa shape index (κ1) is 20.9. The summed E-state index contributed by atoms with van der Waals surface area (Å²) in [5, 5.41) is 12.6. The fourth-order valence-electron chi connectivity index (χ4n) is 3.58. The number of nitrogens with zero attached hydrogens (tertiary/aromatic N) is 2. The van der Waals surface area contributed by atoms with Crippen molar-refractivity contribution in [1.29, 1.82) is 5.26 Å². The van der Waals surface area contributed by atoms with Crippen LogP contribution in [0, 0.1) is 11.3 Å². The lowest BCUT2D eigenvalue weighted by Crippen LogP contribution is -2.47. The number of hydrogen-bond donors (Lipinski definition) is 2. The van der Waals surface area contributed by atoms with Crippen LogP contribution in [0.3, 0.4) is 0 Å². The molecule has 2 fully saturated rings. The summed E-state index contributed by atoms with van der Waals surface area (Å²) in [6, 6.07) is 5.83. The van der Waals surface area contributed by atoms with Gasteiger partial charge in [0, 0.05) is 12.6 Å². The smallest absolute Gasteiger partial charge is 0.240 e. The third kappa shape index (κ3) is 4.41. The summed E-state index contributed by atoms with van der Waals surface area (Å²) in [5.41, 5.74) is 0. The number of ether oxygens (including phenoxy) is 1. The Bertz CT molecular complexity index is 886. The van der Waals surface area contributed by atoms with Crippen molar-refractivity contribution in [2.24, 2.45) is 0 Å². The van der Waals surface area contributed by atoms with E-state index in [4.69, 9.17) is 21.6 Å². The Labute approximate surface area is 169 Å². The molecule has 3 atom stereocenters. The first-order valence-electron chi connectivity index (χ1n) is 9.17. The van der Waals surface area contributed by atoms with E-state index in [1.165, 1.54) is 25.2 Å². The number of likely N-dealkylation sites (tertiary alicyclic amines) is 1. The summed E-state index contributed by atoms with van der Waals surface area (Å²) in [7, 11) is -2.24. The van der Waals surface area contributed by atoms with Crippen molar-refractivity contribution in [3.8, 4) is 11.8 Å².